The van der Waals surface area contributed by atoms with Crippen molar-refractivity contribution in [2.45, 2.75) is 39.0 Å². The maximum Gasteiger partial charge on any atom is 0.241 e. The summed E-state index contributed by atoms with van der Waals surface area (Å²) in [7, 11) is 1.98. The number of benzene rings is 1. The van der Waals surface area contributed by atoms with Crippen molar-refractivity contribution in [2.75, 3.05) is 0 Å². The van der Waals surface area contributed by atoms with E-state index in [0.717, 1.165) is 11.4 Å². The summed E-state index contributed by atoms with van der Waals surface area (Å²) in [6.07, 6.45) is 10.6. The van der Waals surface area contributed by atoms with Crippen LogP contribution >= 0.6 is 0 Å². The van der Waals surface area contributed by atoms with Crippen LogP contribution in [-0.2, 0) is 7.05 Å². The van der Waals surface area contributed by atoms with Crippen LogP contribution in [0.25, 0.3) is 11.3 Å². The van der Waals surface area contributed by atoms with Crippen LogP contribution in [-0.4, -0.2) is 11.3 Å². The molecule has 3 rings (SSSR count). The molecule has 0 amide bonds. The molecule has 0 N–H and O–H groups in total. The van der Waals surface area contributed by atoms with Crippen molar-refractivity contribution < 1.29 is 4.68 Å². The zero-order chi connectivity index (χ0) is 15.4. The summed E-state index contributed by atoms with van der Waals surface area (Å²) in [4.78, 5) is 4.69. The Hall–Kier alpha value is -2.03. The van der Waals surface area contributed by atoms with E-state index in [-0.39, 0.29) is 0 Å². The van der Waals surface area contributed by atoms with Gasteiger partial charge in [0.15, 0.2) is 7.05 Å². The predicted molar refractivity (Wildman–Crippen MR) is 90.3 cm³/mol. The molecular weight excluding hydrogens is 270 g/mol. The number of rotatable bonds is 3. The van der Waals surface area contributed by atoms with Gasteiger partial charge in [0.1, 0.15) is 6.20 Å². The highest BCUT2D eigenvalue weighted by Gasteiger charge is 2.15. The molecule has 1 heterocycles. The molecule has 1 aliphatic rings. The van der Waals surface area contributed by atoms with Gasteiger partial charge in [-0.3, -0.25) is 4.99 Å². The molecule has 22 heavy (non-hydrogen) atoms. The van der Waals surface area contributed by atoms with Crippen molar-refractivity contribution in [3.63, 3.8) is 0 Å². The second-order valence-corrected chi connectivity index (χ2v) is 6.21. The van der Waals surface area contributed by atoms with Gasteiger partial charge in [-0.2, -0.15) is 0 Å². The molecule has 1 aromatic carbocycles. The Morgan fingerprint density at radius 2 is 1.95 bits per heavy atom. The lowest BCUT2D eigenvalue weighted by molar-refractivity contribution is -0.720. The first-order valence-corrected chi connectivity index (χ1v) is 8.20. The van der Waals surface area contributed by atoms with E-state index >= 15 is 0 Å². The lowest BCUT2D eigenvalue weighted by Gasteiger charge is -2.16. The maximum absolute atomic E-state index is 4.69. The molecule has 0 atom stereocenters. The van der Waals surface area contributed by atoms with E-state index in [9.17, 15) is 0 Å². The van der Waals surface area contributed by atoms with Gasteiger partial charge in [-0.15, -0.1) is 0 Å². The molecule has 3 heteroatoms. The molecule has 1 saturated carbocycles. The van der Waals surface area contributed by atoms with Gasteiger partial charge in [0, 0.05) is 12.3 Å². The largest absolute Gasteiger partial charge is 0.259 e. The third-order valence-electron chi connectivity index (χ3n) is 4.50. The van der Waals surface area contributed by atoms with Gasteiger partial charge in [-0.25, -0.2) is 0 Å². The maximum atomic E-state index is 4.69. The summed E-state index contributed by atoms with van der Waals surface area (Å²) < 4.78 is 1.92. The van der Waals surface area contributed by atoms with Crippen molar-refractivity contribution in [1.82, 2.24) is 5.10 Å². The molecule has 0 saturated heterocycles. The molecular formula is C19H24N3+. The van der Waals surface area contributed by atoms with Crippen LogP contribution in [0.4, 0.5) is 5.69 Å². The standard InChI is InChI=1S/C19H24N3/c1-15-8-6-7-11-18(15)19-12-17(14-21-22(19)2)20-13-16-9-4-3-5-10-16/h6-8,11-14,16H,3-5,9-10H2,1-2H3/q+1. The monoisotopic (exact) mass is 294 g/mol. The van der Waals surface area contributed by atoms with E-state index in [0.29, 0.717) is 5.92 Å². The van der Waals surface area contributed by atoms with Crippen LogP contribution in [0, 0.1) is 12.8 Å². The topological polar surface area (TPSA) is 29.1 Å². The first-order chi connectivity index (χ1) is 10.7. The molecule has 2 aromatic rings. The van der Waals surface area contributed by atoms with Crippen LogP contribution in [0.3, 0.4) is 0 Å². The Bertz CT molecular complexity index is 670. The molecule has 114 valence electrons. The number of aryl methyl sites for hydroxylation is 2. The fourth-order valence-corrected chi connectivity index (χ4v) is 3.14. The van der Waals surface area contributed by atoms with Gasteiger partial charge in [0.2, 0.25) is 5.69 Å². The Morgan fingerprint density at radius 3 is 2.73 bits per heavy atom. The molecule has 0 bridgehead atoms. The minimum atomic E-state index is 0.643. The minimum Gasteiger partial charge on any atom is -0.259 e. The normalized spacial score (nSPS) is 16.3. The summed E-state index contributed by atoms with van der Waals surface area (Å²) in [6, 6.07) is 10.5. The number of aromatic nitrogens is 2. The number of hydrogen-bond acceptors (Lipinski definition) is 2. The van der Waals surface area contributed by atoms with Gasteiger partial charge < -0.3 is 0 Å². The molecule has 1 aliphatic carbocycles. The second kappa shape index (κ2) is 6.82. The molecule has 1 aromatic heterocycles. The first kappa shape index (κ1) is 14.9. The third kappa shape index (κ3) is 3.41. The van der Waals surface area contributed by atoms with Crippen LogP contribution in [0.5, 0.6) is 0 Å². The van der Waals surface area contributed by atoms with Gasteiger partial charge in [-0.05, 0) is 42.4 Å². The fraction of sp³-hybridized carbons (Fsp3) is 0.421. The Kier molecular flexibility index (Phi) is 4.62. The molecule has 0 radical (unpaired) electrons. The predicted octanol–water partition coefficient (Wildman–Crippen LogP) is 4.16. The smallest absolute Gasteiger partial charge is 0.241 e. The number of aliphatic imine (C=N–C) groups is 1. The summed E-state index contributed by atoms with van der Waals surface area (Å²) in [6.45, 7) is 2.13. The summed E-state index contributed by atoms with van der Waals surface area (Å²) >= 11 is 0. The summed E-state index contributed by atoms with van der Waals surface area (Å²) in [5, 5.41) is 4.46. The average molecular weight is 294 g/mol. The minimum absolute atomic E-state index is 0.643. The van der Waals surface area contributed by atoms with Crippen molar-refractivity contribution in [2.24, 2.45) is 18.0 Å². The van der Waals surface area contributed by atoms with Crippen molar-refractivity contribution >= 4 is 11.9 Å². The lowest BCUT2D eigenvalue weighted by Crippen LogP contribution is -2.35. The lowest BCUT2D eigenvalue weighted by atomic mass is 9.90. The van der Waals surface area contributed by atoms with E-state index < -0.39 is 0 Å². The van der Waals surface area contributed by atoms with Crippen molar-refractivity contribution in [1.29, 1.82) is 0 Å². The highest BCUT2D eigenvalue weighted by atomic mass is 15.2. The van der Waals surface area contributed by atoms with Crippen LogP contribution < -0.4 is 4.68 Å². The highest BCUT2D eigenvalue weighted by Crippen LogP contribution is 2.25. The summed E-state index contributed by atoms with van der Waals surface area (Å²) in [5.74, 6) is 0.643. The summed E-state index contributed by atoms with van der Waals surface area (Å²) in [5.41, 5.74) is 4.53. The quantitative estimate of drug-likeness (QED) is 0.617. The Balaban J connectivity index is 1.86. The fourth-order valence-electron chi connectivity index (χ4n) is 3.14. The van der Waals surface area contributed by atoms with Gasteiger partial charge in [-0.1, -0.05) is 42.1 Å². The van der Waals surface area contributed by atoms with E-state index in [1.54, 1.807) is 0 Å². The van der Waals surface area contributed by atoms with E-state index in [1.807, 2.05) is 17.9 Å². The average Bonchev–Trinajstić information content (AvgIpc) is 2.56. The Labute approximate surface area is 132 Å². The SMILES string of the molecule is Cc1ccccc1-c1cc(N=CC2CCCCC2)cn[n+]1C. The van der Waals surface area contributed by atoms with E-state index in [4.69, 9.17) is 0 Å². The van der Waals surface area contributed by atoms with E-state index in [2.05, 4.69) is 53.6 Å². The number of nitrogens with zero attached hydrogens (tertiary/aromatic N) is 3. The third-order valence-corrected chi connectivity index (χ3v) is 4.50. The zero-order valence-corrected chi connectivity index (χ0v) is 13.5. The molecule has 3 nitrogen and oxygen atoms in total. The van der Waals surface area contributed by atoms with Crippen LogP contribution in [0.2, 0.25) is 0 Å². The van der Waals surface area contributed by atoms with Crippen molar-refractivity contribution in [3.05, 3.63) is 42.1 Å². The second-order valence-electron chi connectivity index (χ2n) is 6.21. The molecule has 1 fully saturated rings. The molecule has 0 aliphatic heterocycles. The van der Waals surface area contributed by atoms with Gasteiger partial charge >= 0.3 is 0 Å². The number of hydrogen-bond donors (Lipinski definition) is 0. The van der Waals surface area contributed by atoms with E-state index in [1.165, 1.54) is 43.2 Å². The van der Waals surface area contributed by atoms with Gasteiger partial charge in [0.25, 0.3) is 0 Å². The first-order valence-electron chi connectivity index (χ1n) is 8.20. The van der Waals surface area contributed by atoms with Crippen LogP contribution in [0.15, 0.2) is 41.5 Å². The molecule has 0 spiro atoms. The van der Waals surface area contributed by atoms with Crippen molar-refractivity contribution in [3.8, 4) is 11.3 Å². The zero-order valence-electron chi connectivity index (χ0n) is 13.5. The molecule has 0 unspecified atom stereocenters. The van der Waals surface area contributed by atoms with Crippen LogP contribution in [0.1, 0.15) is 37.7 Å². The Morgan fingerprint density at radius 1 is 1.18 bits per heavy atom. The highest BCUT2D eigenvalue weighted by molar-refractivity contribution is 5.68. The van der Waals surface area contributed by atoms with Gasteiger partial charge in [0.05, 0.1) is 11.3 Å².